The Hall–Kier alpha value is -1.35. The molecule has 1 aromatic heterocycles. The maximum Gasteiger partial charge on any atom is 0.138 e. The summed E-state index contributed by atoms with van der Waals surface area (Å²) in [7, 11) is 0. The second kappa shape index (κ2) is 6.87. The van der Waals surface area contributed by atoms with Gasteiger partial charge < -0.3 is 10.2 Å². The quantitative estimate of drug-likeness (QED) is 0.411. The van der Waals surface area contributed by atoms with Crippen molar-refractivity contribution in [2.75, 3.05) is 0 Å². The number of aryl methyl sites for hydroxylation is 2. The molecule has 3 nitrogen and oxygen atoms in total. The van der Waals surface area contributed by atoms with E-state index in [2.05, 4.69) is 50.2 Å². The Morgan fingerprint density at radius 2 is 1.17 bits per heavy atom. The van der Waals surface area contributed by atoms with Gasteiger partial charge in [-0.25, -0.2) is 4.98 Å². The number of phenols is 2. The smallest absolute Gasteiger partial charge is 0.138 e. The Labute approximate surface area is 168 Å². The third kappa shape index (κ3) is 3.37. The molecular formula is C19H15I2NO2. The third-order valence-electron chi connectivity index (χ3n) is 3.72. The molecule has 3 aromatic rings. The Morgan fingerprint density at radius 3 is 1.58 bits per heavy atom. The van der Waals surface area contributed by atoms with Gasteiger partial charge in [0, 0.05) is 11.1 Å². The van der Waals surface area contributed by atoms with Crippen LogP contribution in [0.4, 0.5) is 0 Å². The van der Waals surface area contributed by atoms with Gasteiger partial charge in [0.15, 0.2) is 0 Å². The van der Waals surface area contributed by atoms with Gasteiger partial charge in [0.25, 0.3) is 0 Å². The molecule has 24 heavy (non-hydrogen) atoms. The first kappa shape index (κ1) is 17.5. The van der Waals surface area contributed by atoms with Gasteiger partial charge in [-0.05, 0) is 107 Å². The van der Waals surface area contributed by atoms with Crippen LogP contribution >= 0.6 is 45.2 Å². The summed E-state index contributed by atoms with van der Waals surface area (Å²) in [6, 6.07) is 13.3. The molecule has 0 unspecified atom stereocenters. The fourth-order valence-electron chi connectivity index (χ4n) is 2.59. The summed E-state index contributed by atoms with van der Waals surface area (Å²) in [6.45, 7) is 3.98. The zero-order chi connectivity index (χ0) is 17.4. The van der Waals surface area contributed by atoms with Crippen LogP contribution in [0, 0.1) is 21.0 Å². The number of aromatic nitrogens is 1. The summed E-state index contributed by atoms with van der Waals surface area (Å²) in [5.74, 6) is 0.461. The van der Waals surface area contributed by atoms with Crippen molar-refractivity contribution >= 4 is 45.2 Å². The van der Waals surface area contributed by atoms with E-state index in [1.54, 1.807) is 0 Å². The van der Waals surface area contributed by atoms with Crippen molar-refractivity contribution in [3.8, 4) is 34.0 Å². The first-order valence-corrected chi connectivity index (χ1v) is 9.48. The van der Waals surface area contributed by atoms with Crippen LogP contribution in [0.25, 0.3) is 22.5 Å². The summed E-state index contributed by atoms with van der Waals surface area (Å²) in [6.07, 6.45) is 0. The highest BCUT2D eigenvalue weighted by atomic mass is 127. The molecular weight excluding hydrogens is 528 g/mol. The van der Waals surface area contributed by atoms with E-state index < -0.39 is 0 Å². The number of aromatic hydroxyl groups is 2. The number of halogens is 2. The van der Waals surface area contributed by atoms with Crippen molar-refractivity contribution in [2.45, 2.75) is 13.8 Å². The average Bonchev–Trinajstić information content (AvgIpc) is 2.54. The van der Waals surface area contributed by atoms with Crippen molar-refractivity contribution in [3.63, 3.8) is 0 Å². The molecule has 0 atom stereocenters. The third-order valence-corrected chi connectivity index (χ3v) is 5.36. The molecule has 0 spiro atoms. The molecule has 0 fully saturated rings. The number of hydrogen-bond acceptors (Lipinski definition) is 3. The number of nitrogens with zero attached hydrogens (tertiary/aromatic N) is 1. The molecule has 122 valence electrons. The van der Waals surface area contributed by atoms with E-state index in [1.165, 1.54) is 0 Å². The standard InChI is InChI=1S/C19H15I2NO2/c1-10-6-12(18(23)14(20)8-10)16-4-3-5-17(22-16)13-7-11(2)9-15(21)19(13)24/h3-9,23-24H,1-2H3. The van der Waals surface area contributed by atoms with Gasteiger partial charge in [-0.3, -0.25) is 0 Å². The molecule has 0 saturated carbocycles. The van der Waals surface area contributed by atoms with Crippen LogP contribution in [0.1, 0.15) is 11.1 Å². The fourth-order valence-corrected chi connectivity index (χ4v) is 4.16. The van der Waals surface area contributed by atoms with Crippen LogP contribution in [-0.2, 0) is 0 Å². The highest BCUT2D eigenvalue weighted by Crippen LogP contribution is 2.37. The fraction of sp³-hybridized carbons (Fsp3) is 0.105. The molecule has 2 aromatic carbocycles. The molecule has 5 heteroatoms. The van der Waals surface area contributed by atoms with Crippen LogP contribution in [0.2, 0.25) is 0 Å². The van der Waals surface area contributed by atoms with Gasteiger partial charge in [-0.1, -0.05) is 6.07 Å². The lowest BCUT2D eigenvalue weighted by Crippen LogP contribution is -1.92. The Balaban J connectivity index is 2.18. The molecule has 2 N–H and O–H groups in total. The monoisotopic (exact) mass is 543 g/mol. The lowest BCUT2D eigenvalue weighted by molar-refractivity contribution is 0.473. The zero-order valence-corrected chi connectivity index (χ0v) is 17.5. The largest absolute Gasteiger partial charge is 0.506 e. The minimum Gasteiger partial charge on any atom is -0.506 e. The van der Waals surface area contributed by atoms with Gasteiger partial charge in [0.05, 0.1) is 18.5 Å². The molecule has 0 aliphatic rings. The Morgan fingerprint density at radius 1 is 0.750 bits per heavy atom. The van der Waals surface area contributed by atoms with Gasteiger partial charge in [-0.2, -0.15) is 0 Å². The molecule has 0 radical (unpaired) electrons. The van der Waals surface area contributed by atoms with Crippen molar-refractivity contribution in [3.05, 3.63) is 60.7 Å². The Kier molecular flexibility index (Phi) is 5.00. The van der Waals surface area contributed by atoms with Gasteiger partial charge >= 0.3 is 0 Å². The molecule has 0 aliphatic carbocycles. The van der Waals surface area contributed by atoms with Gasteiger partial charge in [0.2, 0.25) is 0 Å². The number of hydrogen-bond donors (Lipinski definition) is 2. The van der Waals surface area contributed by atoms with Crippen molar-refractivity contribution < 1.29 is 10.2 Å². The number of rotatable bonds is 2. The lowest BCUT2D eigenvalue weighted by Gasteiger charge is -2.11. The Bertz CT molecular complexity index is 866. The van der Waals surface area contributed by atoms with E-state index in [1.807, 2.05) is 56.3 Å². The zero-order valence-electron chi connectivity index (χ0n) is 13.1. The average molecular weight is 543 g/mol. The summed E-state index contributed by atoms with van der Waals surface area (Å²) < 4.78 is 1.59. The van der Waals surface area contributed by atoms with Crippen LogP contribution in [-0.4, -0.2) is 15.2 Å². The minimum absolute atomic E-state index is 0.230. The predicted molar refractivity (Wildman–Crippen MR) is 113 cm³/mol. The molecule has 1 heterocycles. The second-order valence-corrected chi connectivity index (χ2v) is 8.02. The van der Waals surface area contributed by atoms with Crippen molar-refractivity contribution in [1.82, 2.24) is 4.98 Å². The molecule has 0 saturated heterocycles. The maximum atomic E-state index is 10.4. The number of phenolic OH excluding ortho intramolecular Hbond substituents is 2. The van der Waals surface area contributed by atoms with Crippen molar-refractivity contribution in [1.29, 1.82) is 0 Å². The summed E-state index contributed by atoms with van der Waals surface area (Å²) in [5, 5.41) is 20.8. The predicted octanol–water partition coefficient (Wildman–Crippen LogP) is 5.65. The van der Waals surface area contributed by atoms with Crippen LogP contribution in [0.5, 0.6) is 11.5 Å². The highest BCUT2D eigenvalue weighted by Gasteiger charge is 2.14. The van der Waals surface area contributed by atoms with E-state index in [9.17, 15) is 10.2 Å². The van der Waals surface area contributed by atoms with Crippen LogP contribution in [0.15, 0.2) is 42.5 Å². The van der Waals surface area contributed by atoms with E-state index in [0.29, 0.717) is 22.5 Å². The molecule has 0 bridgehead atoms. The summed E-state index contributed by atoms with van der Waals surface area (Å²) >= 11 is 4.24. The van der Waals surface area contributed by atoms with Gasteiger partial charge in [-0.15, -0.1) is 0 Å². The summed E-state index contributed by atoms with van der Waals surface area (Å²) in [4.78, 5) is 4.67. The first-order valence-electron chi connectivity index (χ1n) is 7.33. The topological polar surface area (TPSA) is 53.4 Å². The van der Waals surface area contributed by atoms with Gasteiger partial charge in [0.1, 0.15) is 11.5 Å². The lowest BCUT2D eigenvalue weighted by atomic mass is 10.0. The minimum atomic E-state index is 0.230. The number of pyridine rings is 1. The number of benzene rings is 2. The van der Waals surface area contributed by atoms with E-state index in [-0.39, 0.29) is 11.5 Å². The van der Waals surface area contributed by atoms with Crippen LogP contribution in [0.3, 0.4) is 0 Å². The first-order chi connectivity index (χ1) is 11.4. The second-order valence-electron chi connectivity index (χ2n) is 5.69. The van der Waals surface area contributed by atoms with E-state index in [4.69, 9.17) is 0 Å². The van der Waals surface area contributed by atoms with Crippen LogP contribution < -0.4 is 0 Å². The molecule has 0 amide bonds. The summed E-state index contributed by atoms with van der Waals surface area (Å²) in [5.41, 5.74) is 4.89. The normalized spacial score (nSPS) is 10.8. The van der Waals surface area contributed by atoms with E-state index in [0.717, 1.165) is 18.3 Å². The molecule has 0 aliphatic heterocycles. The SMILES string of the molecule is Cc1cc(I)c(O)c(-c2cccc(-c3cc(C)cc(I)c3O)n2)c1. The molecule has 3 rings (SSSR count). The van der Waals surface area contributed by atoms with E-state index >= 15 is 0 Å². The highest BCUT2D eigenvalue weighted by molar-refractivity contribution is 14.1. The maximum absolute atomic E-state index is 10.4. The van der Waals surface area contributed by atoms with Crippen molar-refractivity contribution in [2.24, 2.45) is 0 Å².